The van der Waals surface area contributed by atoms with Gasteiger partial charge in [0.1, 0.15) is 0 Å². The van der Waals surface area contributed by atoms with E-state index >= 15 is 0 Å². The van der Waals surface area contributed by atoms with E-state index in [9.17, 15) is 0 Å². The van der Waals surface area contributed by atoms with Crippen molar-refractivity contribution in [2.75, 3.05) is 13.2 Å². The summed E-state index contributed by atoms with van der Waals surface area (Å²) in [5, 5.41) is 9.07. The Morgan fingerprint density at radius 2 is 2.07 bits per heavy atom. The first-order chi connectivity index (χ1) is 6.86. The minimum Gasteiger partial charge on any atom is -0.501 e. The molecule has 2 heteroatoms. The Hall–Kier alpha value is -1.28. The predicted molar refractivity (Wildman–Crippen MR) is 56.9 cm³/mol. The highest BCUT2D eigenvalue weighted by atomic mass is 16.5. The van der Waals surface area contributed by atoms with Crippen LogP contribution < -0.4 is 0 Å². The van der Waals surface area contributed by atoms with Crippen LogP contribution in [0.5, 0.6) is 0 Å². The third-order valence-corrected chi connectivity index (χ3v) is 1.89. The van der Waals surface area contributed by atoms with Crippen LogP contribution in [0.3, 0.4) is 0 Å². The van der Waals surface area contributed by atoms with E-state index in [0.717, 1.165) is 12.0 Å². The van der Waals surface area contributed by atoms with E-state index in [1.165, 1.54) is 5.56 Å². The molecule has 2 nitrogen and oxygen atoms in total. The normalized spacial score (nSPS) is 11.4. The highest BCUT2D eigenvalue weighted by molar-refractivity contribution is 5.21. The van der Waals surface area contributed by atoms with Crippen molar-refractivity contribution in [2.24, 2.45) is 0 Å². The monoisotopic (exact) mass is 192 g/mol. The van der Waals surface area contributed by atoms with Crippen molar-refractivity contribution in [1.82, 2.24) is 0 Å². The van der Waals surface area contributed by atoms with Crippen molar-refractivity contribution in [3.05, 3.63) is 47.7 Å². The standard InChI is InChI=1S/C12H16O2/c1-2-14-10-12(9-13)8-11-6-4-3-5-7-11/h3-7,10,13H,2,8-9H2,1H3. The second-order valence-electron chi connectivity index (χ2n) is 3.05. The molecule has 0 fully saturated rings. The third-order valence-electron chi connectivity index (χ3n) is 1.89. The van der Waals surface area contributed by atoms with Crippen molar-refractivity contribution >= 4 is 0 Å². The topological polar surface area (TPSA) is 29.5 Å². The zero-order chi connectivity index (χ0) is 10.2. The molecule has 0 amide bonds. The Bertz CT molecular complexity index is 278. The van der Waals surface area contributed by atoms with Gasteiger partial charge in [-0.3, -0.25) is 0 Å². The fourth-order valence-electron chi connectivity index (χ4n) is 1.19. The van der Waals surface area contributed by atoms with Crippen molar-refractivity contribution in [1.29, 1.82) is 0 Å². The van der Waals surface area contributed by atoms with Gasteiger partial charge in [0.15, 0.2) is 0 Å². The number of aliphatic hydroxyl groups is 1. The molecule has 0 aromatic heterocycles. The van der Waals surface area contributed by atoms with Gasteiger partial charge in [0.05, 0.1) is 19.5 Å². The predicted octanol–water partition coefficient (Wildman–Crippen LogP) is 2.14. The second-order valence-corrected chi connectivity index (χ2v) is 3.05. The summed E-state index contributed by atoms with van der Waals surface area (Å²) in [5.41, 5.74) is 2.09. The first-order valence-electron chi connectivity index (χ1n) is 4.81. The van der Waals surface area contributed by atoms with E-state index in [1.54, 1.807) is 6.26 Å². The number of ether oxygens (including phenoxy) is 1. The first kappa shape index (κ1) is 10.8. The summed E-state index contributed by atoms with van der Waals surface area (Å²) < 4.78 is 5.14. The van der Waals surface area contributed by atoms with Crippen LogP contribution in [0.25, 0.3) is 0 Å². The minimum absolute atomic E-state index is 0.0505. The third kappa shape index (κ3) is 3.62. The maximum Gasteiger partial charge on any atom is 0.0847 e. The molecular formula is C12H16O2. The molecular weight excluding hydrogens is 176 g/mol. The van der Waals surface area contributed by atoms with Gasteiger partial charge in [-0.1, -0.05) is 30.3 Å². The summed E-state index contributed by atoms with van der Waals surface area (Å²) in [7, 11) is 0. The molecule has 0 aliphatic rings. The summed E-state index contributed by atoms with van der Waals surface area (Å²) in [4.78, 5) is 0. The first-order valence-corrected chi connectivity index (χ1v) is 4.81. The van der Waals surface area contributed by atoms with Crippen LogP contribution in [0.4, 0.5) is 0 Å². The lowest BCUT2D eigenvalue weighted by atomic mass is 10.1. The van der Waals surface area contributed by atoms with E-state index in [0.29, 0.717) is 6.61 Å². The van der Waals surface area contributed by atoms with Gasteiger partial charge in [0.2, 0.25) is 0 Å². The Morgan fingerprint density at radius 1 is 1.36 bits per heavy atom. The summed E-state index contributed by atoms with van der Waals surface area (Å²) in [5.74, 6) is 0. The molecule has 1 aromatic rings. The van der Waals surface area contributed by atoms with Gasteiger partial charge < -0.3 is 9.84 Å². The average Bonchev–Trinajstić information content (AvgIpc) is 2.25. The van der Waals surface area contributed by atoms with Gasteiger partial charge in [-0.25, -0.2) is 0 Å². The van der Waals surface area contributed by atoms with Gasteiger partial charge in [0, 0.05) is 0 Å². The molecule has 1 rings (SSSR count). The smallest absolute Gasteiger partial charge is 0.0847 e. The number of aliphatic hydroxyl groups excluding tert-OH is 1. The molecule has 0 aliphatic carbocycles. The lowest BCUT2D eigenvalue weighted by Crippen LogP contribution is -1.97. The van der Waals surface area contributed by atoms with Crippen molar-refractivity contribution in [3.63, 3.8) is 0 Å². The Kier molecular flexibility index (Phi) is 4.79. The highest BCUT2D eigenvalue weighted by Gasteiger charge is 1.97. The van der Waals surface area contributed by atoms with Crippen LogP contribution in [-0.4, -0.2) is 18.3 Å². The van der Waals surface area contributed by atoms with E-state index in [1.807, 2.05) is 37.3 Å². The molecule has 0 bridgehead atoms. The van der Waals surface area contributed by atoms with Crippen molar-refractivity contribution in [2.45, 2.75) is 13.3 Å². The van der Waals surface area contributed by atoms with E-state index in [2.05, 4.69) is 0 Å². The summed E-state index contributed by atoms with van der Waals surface area (Å²) in [6, 6.07) is 10.0. The summed E-state index contributed by atoms with van der Waals surface area (Å²) >= 11 is 0. The maximum atomic E-state index is 9.07. The van der Waals surface area contributed by atoms with E-state index in [4.69, 9.17) is 9.84 Å². The second kappa shape index (κ2) is 6.22. The van der Waals surface area contributed by atoms with Crippen molar-refractivity contribution in [3.8, 4) is 0 Å². The van der Waals surface area contributed by atoms with E-state index < -0.39 is 0 Å². The Labute approximate surface area is 84.8 Å². The SMILES string of the molecule is CCOC=C(CO)Cc1ccccc1. The van der Waals surface area contributed by atoms with Crippen LogP contribution in [0.2, 0.25) is 0 Å². The number of hydrogen-bond donors (Lipinski definition) is 1. The fourth-order valence-corrected chi connectivity index (χ4v) is 1.19. The van der Waals surface area contributed by atoms with Crippen LogP contribution in [0, 0.1) is 0 Å². The highest BCUT2D eigenvalue weighted by Crippen LogP contribution is 2.07. The molecule has 76 valence electrons. The molecule has 14 heavy (non-hydrogen) atoms. The van der Waals surface area contributed by atoms with Crippen LogP contribution in [0.15, 0.2) is 42.2 Å². The molecule has 0 saturated carbocycles. The van der Waals surface area contributed by atoms with E-state index in [-0.39, 0.29) is 6.61 Å². The number of benzene rings is 1. The Morgan fingerprint density at radius 3 is 2.64 bits per heavy atom. The summed E-state index contributed by atoms with van der Waals surface area (Å²) in [6.07, 6.45) is 2.39. The molecule has 0 saturated heterocycles. The molecule has 0 radical (unpaired) electrons. The van der Waals surface area contributed by atoms with Crippen molar-refractivity contribution < 1.29 is 9.84 Å². The number of hydrogen-bond acceptors (Lipinski definition) is 2. The van der Waals surface area contributed by atoms with Gasteiger partial charge >= 0.3 is 0 Å². The lowest BCUT2D eigenvalue weighted by molar-refractivity contribution is 0.254. The van der Waals surface area contributed by atoms with Crippen LogP contribution in [-0.2, 0) is 11.2 Å². The largest absolute Gasteiger partial charge is 0.501 e. The van der Waals surface area contributed by atoms with Gasteiger partial charge in [0.25, 0.3) is 0 Å². The van der Waals surface area contributed by atoms with Crippen LogP contribution in [0.1, 0.15) is 12.5 Å². The van der Waals surface area contributed by atoms with Gasteiger partial charge in [-0.05, 0) is 24.5 Å². The average molecular weight is 192 g/mol. The fraction of sp³-hybridized carbons (Fsp3) is 0.333. The Balaban J connectivity index is 2.57. The lowest BCUT2D eigenvalue weighted by Gasteiger charge is -2.04. The molecule has 1 aromatic carbocycles. The number of rotatable bonds is 5. The molecule has 0 spiro atoms. The van der Waals surface area contributed by atoms with Crippen LogP contribution >= 0.6 is 0 Å². The molecule has 0 heterocycles. The zero-order valence-electron chi connectivity index (χ0n) is 8.44. The van der Waals surface area contributed by atoms with Gasteiger partial charge in [-0.15, -0.1) is 0 Å². The quantitative estimate of drug-likeness (QED) is 0.724. The molecule has 0 unspecified atom stereocenters. The summed E-state index contributed by atoms with van der Waals surface area (Å²) in [6.45, 7) is 2.61. The molecule has 0 atom stereocenters. The maximum absolute atomic E-state index is 9.07. The molecule has 1 N–H and O–H groups in total. The van der Waals surface area contributed by atoms with Gasteiger partial charge in [-0.2, -0.15) is 0 Å². The molecule has 0 aliphatic heterocycles. The minimum atomic E-state index is 0.0505. The zero-order valence-corrected chi connectivity index (χ0v) is 8.44.